The number of ether oxygens (including phenoxy) is 1. The number of rotatable bonds is 3. The molecule has 0 aliphatic carbocycles. The predicted octanol–water partition coefficient (Wildman–Crippen LogP) is 2.17. The molecule has 1 heterocycles. The highest BCUT2D eigenvalue weighted by Gasteiger charge is 2.25. The maximum absolute atomic E-state index is 11.4. The Balaban J connectivity index is 2.30. The highest BCUT2D eigenvalue weighted by Crippen LogP contribution is 2.19. The fourth-order valence-corrected chi connectivity index (χ4v) is 1.58. The number of ketones is 1. The molecule has 0 spiro atoms. The van der Waals surface area contributed by atoms with Gasteiger partial charge in [-0.1, -0.05) is 19.8 Å². The topological polar surface area (TPSA) is 26.3 Å². The number of unbranched alkanes of at least 4 members (excludes halogenated alkanes) is 1. The number of hydrogen-bond donors (Lipinski definition) is 0. The summed E-state index contributed by atoms with van der Waals surface area (Å²) in [4.78, 5) is 11.4. The van der Waals surface area contributed by atoms with Crippen LogP contribution in [0, 0.1) is 5.92 Å². The third-order valence-electron chi connectivity index (χ3n) is 2.43. The summed E-state index contributed by atoms with van der Waals surface area (Å²) < 4.78 is 5.44. The van der Waals surface area contributed by atoms with Crippen molar-refractivity contribution in [2.75, 3.05) is 6.61 Å². The van der Waals surface area contributed by atoms with Crippen molar-refractivity contribution in [2.45, 2.75) is 45.6 Å². The van der Waals surface area contributed by atoms with Crippen LogP contribution in [0.25, 0.3) is 0 Å². The van der Waals surface area contributed by atoms with Gasteiger partial charge in [-0.25, -0.2) is 0 Å². The van der Waals surface area contributed by atoms with E-state index in [2.05, 4.69) is 6.92 Å². The van der Waals surface area contributed by atoms with E-state index in [4.69, 9.17) is 4.74 Å². The molecule has 0 saturated carbocycles. The summed E-state index contributed by atoms with van der Waals surface area (Å²) in [5.41, 5.74) is 0. The molecule has 0 bridgehead atoms. The predicted molar refractivity (Wildman–Crippen MR) is 48.1 cm³/mol. The van der Waals surface area contributed by atoms with E-state index in [0.29, 0.717) is 18.8 Å². The van der Waals surface area contributed by atoms with E-state index in [1.165, 1.54) is 6.42 Å². The van der Waals surface area contributed by atoms with Gasteiger partial charge in [0.1, 0.15) is 5.78 Å². The summed E-state index contributed by atoms with van der Waals surface area (Å²) in [6.45, 7) is 4.77. The minimum absolute atomic E-state index is 0.148. The molecular formula is C10H18O2. The van der Waals surface area contributed by atoms with Crippen LogP contribution in [0.1, 0.15) is 39.5 Å². The van der Waals surface area contributed by atoms with Gasteiger partial charge in [-0.3, -0.25) is 4.79 Å². The monoisotopic (exact) mass is 170 g/mol. The van der Waals surface area contributed by atoms with Crippen LogP contribution in [0.5, 0.6) is 0 Å². The van der Waals surface area contributed by atoms with E-state index in [1.807, 2.05) is 6.92 Å². The fraction of sp³-hybridized carbons (Fsp3) is 0.900. The first-order valence-corrected chi connectivity index (χ1v) is 4.88. The van der Waals surface area contributed by atoms with Crippen molar-refractivity contribution in [3.8, 4) is 0 Å². The van der Waals surface area contributed by atoms with Crippen LogP contribution in [-0.2, 0) is 9.53 Å². The van der Waals surface area contributed by atoms with Gasteiger partial charge < -0.3 is 4.74 Å². The lowest BCUT2D eigenvalue weighted by Gasteiger charge is -2.25. The Morgan fingerprint density at radius 1 is 1.58 bits per heavy atom. The smallest absolute Gasteiger partial charge is 0.140 e. The van der Waals surface area contributed by atoms with E-state index in [1.54, 1.807) is 0 Å². The highest BCUT2D eigenvalue weighted by atomic mass is 16.5. The van der Waals surface area contributed by atoms with Gasteiger partial charge in [-0.05, 0) is 13.3 Å². The maximum Gasteiger partial charge on any atom is 0.140 e. The Bertz CT molecular complexity index is 152. The number of hydrogen-bond acceptors (Lipinski definition) is 2. The summed E-state index contributed by atoms with van der Waals surface area (Å²) in [7, 11) is 0. The van der Waals surface area contributed by atoms with Crippen molar-refractivity contribution in [1.29, 1.82) is 0 Å². The molecule has 1 rings (SSSR count). The van der Waals surface area contributed by atoms with Crippen molar-refractivity contribution in [1.82, 2.24) is 0 Å². The van der Waals surface area contributed by atoms with Crippen molar-refractivity contribution >= 4 is 5.78 Å². The molecule has 2 heteroatoms. The molecule has 0 aromatic carbocycles. The molecule has 0 aromatic heterocycles. The molecule has 0 radical (unpaired) electrons. The summed E-state index contributed by atoms with van der Waals surface area (Å²) in [5.74, 6) is 0.600. The zero-order valence-electron chi connectivity index (χ0n) is 8.01. The van der Waals surface area contributed by atoms with Crippen molar-refractivity contribution in [3.63, 3.8) is 0 Å². The molecule has 1 aliphatic heterocycles. The van der Waals surface area contributed by atoms with Gasteiger partial charge in [-0.2, -0.15) is 0 Å². The van der Waals surface area contributed by atoms with Gasteiger partial charge in [-0.15, -0.1) is 0 Å². The molecule has 1 fully saturated rings. The maximum atomic E-state index is 11.4. The van der Waals surface area contributed by atoms with Crippen LogP contribution in [0.2, 0.25) is 0 Å². The minimum Gasteiger partial charge on any atom is -0.377 e. The molecule has 0 aromatic rings. The number of carbonyl (C=O) groups is 1. The van der Waals surface area contributed by atoms with Gasteiger partial charge in [0, 0.05) is 12.3 Å². The van der Waals surface area contributed by atoms with Gasteiger partial charge in [0.25, 0.3) is 0 Å². The summed E-state index contributed by atoms with van der Waals surface area (Å²) in [5, 5.41) is 0. The summed E-state index contributed by atoms with van der Waals surface area (Å²) in [6, 6.07) is 0. The molecule has 0 amide bonds. The van der Waals surface area contributed by atoms with E-state index >= 15 is 0 Å². The molecule has 1 saturated heterocycles. The lowest BCUT2D eigenvalue weighted by Crippen LogP contribution is -2.32. The van der Waals surface area contributed by atoms with E-state index < -0.39 is 0 Å². The van der Waals surface area contributed by atoms with Gasteiger partial charge in [0.05, 0.1) is 12.7 Å². The minimum atomic E-state index is 0.148. The Kier molecular flexibility index (Phi) is 3.73. The van der Waals surface area contributed by atoms with E-state index in [0.717, 1.165) is 12.8 Å². The summed E-state index contributed by atoms with van der Waals surface area (Å²) >= 11 is 0. The first kappa shape index (κ1) is 9.72. The molecule has 70 valence electrons. The molecule has 1 aliphatic rings. The molecule has 12 heavy (non-hydrogen) atoms. The second-order valence-electron chi connectivity index (χ2n) is 3.65. The Morgan fingerprint density at radius 2 is 2.33 bits per heavy atom. The first-order valence-electron chi connectivity index (χ1n) is 4.88. The molecular weight excluding hydrogens is 152 g/mol. The molecule has 2 nitrogen and oxygen atoms in total. The van der Waals surface area contributed by atoms with E-state index in [9.17, 15) is 4.79 Å². The molecule has 2 atom stereocenters. The largest absolute Gasteiger partial charge is 0.377 e. The lowest BCUT2D eigenvalue weighted by atomic mass is 9.92. The Hall–Kier alpha value is -0.370. The average Bonchev–Trinajstić information content (AvgIpc) is 2.03. The quantitative estimate of drug-likeness (QED) is 0.649. The fourth-order valence-electron chi connectivity index (χ4n) is 1.58. The third-order valence-corrected chi connectivity index (χ3v) is 2.43. The van der Waals surface area contributed by atoms with Gasteiger partial charge >= 0.3 is 0 Å². The second-order valence-corrected chi connectivity index (χ2v) is 3.65. The highest BCUT2D eigenvalue weighted by molar-refractivity contribution is 5.82. The first-order chi connectivity index (χ1) is 5.74. The van der Waals surface area contributed by atoms with E-state index in [-0.39, 0.29) is 12.0 Å². The molecule has 0 N–H and O–H groups in total. The van der Waals surface area contributed by atoms with Crippen LogP contribution >= 0.6 is 0 Å². The lowest BCUT2D eigenvalue weighted by molar-refractivity contribution is -0.135. The molecule has 0 unspecified atom stereocenters. The van der Waals surface area contributed by atoms with Crippen LogP contribution in [0.4, 0.5) is 0 Å². The van der Waals surface area contributed by atoms with Crippen LogP contribution in [0.3, 0.4) is 0 Å². The van der Waals surface area contributed by atoms with Gasteiger partial charge in [0.15, 0.2) is 0 Å². The van der Waals surface area contributed by atoms with Crippen LogP contribution in [-0.4, -0.2) is 18.5 Å². The van der Waals surface area contributed by atoms with Crippen molar-refractivity contribution < 1.29 is 9.53 Å². The van der Waals surface area contributed by atoms with Crippen LogP contribution < -0.4 is 0 Å². The second kappa shape index (κ2) is 4.61. The van der Waals surface area contributed by atoms with Crippen LogP contribution in [0.15, 0.2) is 0 Å². The van der Waals surface area contributed by atoms with Gasteiger partial charge in [0.2, 0.25) is 0 Å². The van der Waals surface area contributed by atoms with Crippen molar-refractivity contribution in [3.05, 3.63) is 0 Å². The Labute approximate surface area is 74.3 Å². The summed E-state index contributed by atoms with van der Waals surface area (Å²) in [6.07, 6.45) is 4.10. The zero-order chi connectivity index (χ0) is 8.97. The standard InChI is InChI=1S/C10H18O2/c1-3-4-5-9-7-12-8(2)6-10(9)11/h8-9H,3-7H2,1-2H3/t8-,9-/m0/s1. The number of carbonyl (C=O) groups excluding carboxylic acids is 1. The zero-order valence-corrected chi connectivity index (χ0v) is 8.01. The van der Waals surface area contributed by atoms with Crippen molar-refractivity contribution in [2.24, 2.45) is 5.92 Å². The Morgan fingerprint density at radius 3 is 2.92 bits per heavy atom. The number of Topliss-reactive ketones (excluding diaryl/α,β-unsaturated/α-hetero) is 1. The third kappa shape index (κ3) is 2.59. The normalized spacial score (nSPS) is 30.7. The average molecular weight is 170 g/mol. The SMILES string of the molecule is CCCC[C@H]1CO[C@@H](C)CC1=O.